The van der Waals surface area contributed by atoms with Crippen molar-refractivity contribution in [1.82, 2.24) is 30.4 Å². The largest absolute Gasteiger partial charge is 0.391 e. The van der Waals surface area contributed by atoms with Gasteiger partial charge in [0.05, 0.1) is 36.0 Å². The van der Waals surface area contributed by atoms with E-state index >= 15 is 0 Å². The van der Waals surface area contributed by atoms with Crippen LogP contribution in [0.5, 0.6) is 0 Å². The number of hydrogen-bond acceptors (Lipinski definition) is 8. The van der Waals surface area contributed by atoms with Crippen molar-refractivity contribution in [2.24, 2.45) is 0 Å². The van der Waals surface area contributed by atoms with Crippen LogP contribution in [-0.2, 0) is 13.0 Å². The molecule has 2 unspecified atom stereocenters. The SMILES string of the molecule is C=CCn1ncc2cc(C)c(NC(O)C(NC(=O)c3cncnc3)N[C@H]3c4ccccc4C[C@H]3O)cc21. The Morgan fingerprint density at radius 2 is 2.03 bits per heavy atom. The van der Waals surface area contributed by atoms with Gasteiger partial charge in [0, 0.05) is 29.9 Å². The van der Waals surface area contributed by atoms with Gasteiger partial charge in [-0.15, -0.1) is 6.58 Å². The van der Waals surface area contributed by atoms with Gasteiger partial charge in [-0.25, -0.2) is 9.97 Å². The van der Waals surface area contributed by atoms with E-state index in [2.05, 4.69) is 37.6 Å². The summed E-state index contributed by atoms with van der Waals surface area (Å²) in [6.07, 6.45) is 5.25. The van der Waals surface area contributed by atoms with Crippen LogP contribution in [0.25, 0.3) is 10.9 Å². The van der Waals surface area contributed by atoms with E-state index in [1.54, 1.807) is 12.3 Å². The molecule has 1 aliphatic rings. The third kappa shape index (κ3) is 5.08. The fraction of sp³-hybridized carbons (Fsp3) is 0.259. The molecule has 0 fully saturated rings. The highest BCUT2D eigenvalue weighted by Crippen LogP contribution is 2.32. The molecule has 10 nitrogen and oxygen atoms in total. The molecule has 2 aromatic carbocycles. The van der Waals surface area contributed by atoms with E-state index in [0.29, 0.717) is 18.7 Å². The van der Waals surface area contributed by atoms with Gasteiger partial charge in [-0.1, -0.05) is 30.3 Å². The molecule has 4 aromatic rings. The number of anilines is 1. The van der Waals surface area contributed by atoms with Gasteiger partial charge < -0.3 is 20.8 Å². The lowest BCUT2D eigenvalue weighted by atomic mass is 10.1. The molecular weight excluding hydrogens is 470 g/mol. The Labute approximate surface area is 214 Å². The summed E-state index contributed by atoms with van der Waals surface area (Å²) in [6, 6.07) is 11.1. The van der Waals surface area contributed by atoms with Crippen LogP contribution in [0.2, 0.25) is 0 Å². The molecule has 1 aliphatic carbocycles. The average Bonchev–Trinajstić information content (AvgIpc) is 3.43. The van der Waals surface area contributed by atoms with Gasteiger partial charge in [-0.3, -0.25) is 14.8 Å². The average molecular weight is 500 g/mol. The summed E-state index contributed by atoms with van der Waals surface area (Å²) in [5, 5.41) is 36.7. The van der Waals surface area contributed by atoms with Crippen molar-refractivity contribution in [2.75, 3.05) is 5.32 Å². The van der Waals surface area contributed by atoms with Crippen molar-refractivity contribution in [3.8, 4) is 0 Å². The molecular formula is C27H29N7O3. The third-order valence-corrected chi connectivity index (χ3v) is 6.58. The molecule has 0 bridgehead atoms. The summed E-state index contributed by atoms with van der Waals surface area (Å²) in [4.78, 5) is 20.8. The fourth-order valence-corrected chi connectivity index (χ4v) is 4.73. The summed E-state index contributed by atoms with van der Waals surface area (Å²) < 4.78 is 1.82. The summed E-state index contributed by atoms with van der Waals surface area (Å²) in [5.74, 6) is -0.462. The number of rotatable bonds is 9. The van der Waals surface area contributed by atoms with Gasteiger partial charge in [0.25, 0.3) is 5.91 Å². The van der Waals surface area contributed by atoms with E-state index in [1.165, 1.54) is 18.7 Å². The van der Waals surface area contributed by atoms with Crippen molar-refractivity contribution in [2.45, 2.75) is 44.4 Å². The van der Waals surface area contributed by atoms with Crippen molar-refractivity contribution in [3.63, 3.8) is 0 Å². The molecule has 37 heavy (non-hydrogen) atoms. The van der Waals surface area contributed by atoms with Gasteiger partial charge >= 0.3 is 0 Å². The Hall–Kier alpha value is -4.12. The number of carbonyl (C=O) groups excluding carboxylic acids is 1. The number of amides is 1. The smallest absolute Gasteiger partial charge is 0.255 e. The van der Waals surface area contributed by atoms with Crippen LogP contribution in [0.15, 0.2) is 74.0 Å². The maximum atomic E-state index is 13.0. The molecule has 190 valence electrons. The summed E-state index contributed by atoms with van der Waals surface area (Å²) in [5.41, 5.74) is 4.67. The number of hydrogen-bond donors (Lipinski definition) is 5. The standard InChI is InChI=1S/C27H29N7O3/c1-3-8-34-22-11-21(16(2)9-18(22)14-30-34)31-27(37)25(33-26(36)19-12-28-15-29-13-19)32-24-20-7-5-4-6-17(20)10-23(24)35/h3-7,9,11-15,23-25,27,31-32,35,37H,1,8,10H2,2H3,(H,33,36)/t23-,24+,25?,27?/m1/s1. The van der Waals surface area contributed by atoms with Gasteiger partial charge in [-0.05, 0) is 35.7 Å². The first-order chi connectivity index (χ1) is 17.9. The van der Waals surface area contributed by atoms with Gasteiger partial charge in [0.15, 0.2) is 6.23 Å². The molecule has 0 spiro atoms. The molecule has 10 heteroatoms. The zero-order valence-corrected chi connectivity index (χ0v) is 20.4. The molecule has 5 N–H and O–H groups in total. The Morgan fingerprint density at radius 1 is 1.24 bits per heavy atom. The van der Waals surface area contributed by atoms with E-state index in [9.17, 15) is 15.0 Å². The van der Waals surface area contributed by atoms with Gasteiger partial charge in [0.1, 0.15) is 12.5 Å². The van der Waals surface area contributed by atoms with Crippen LogP contribution >= 0.6 is 0 Å². The number of aryl methyl sites for hydroxylation is 1. The molecule has 0 saturated carbocycles. The third-order valence-electron chi connectivity index (χ3n) is 6.58. The molecule has 1 amide bonds. The Bertz CT molecular complexity index is 1420. The lowest BCUT2D eigenvalue weighted by molar-refractivity contribution is 0.0720. The first kappa shape index (κ1) is 24.6. The van der Waals surface area contributed by atoms with Crippen molar-refractivity contribution >= 4 is 22.5 Å². The first-order valence-corrected chi connectivity index (χ1v) is 12.0. The number of fused-ring (bicyclic) bond motifs is 2. The van der Waals surface area contributed by atoms with Gasteiger partial charge in [-0.2, -0.15) is 5.10 Å². The van der Waals surface area contributed by atoms with Crippen LogP contribution in [0.1, 0.15) is 33.1 Å². The molecule has 0 radical (unpaired) electrons. The Morgan fingerprint density at radius 3 is 2.81 bits per heavy atom. The van der Waals surface area contributed by atoms with Gasteiger partial charge in [0.2, 0.25) is 0 Å². The quantitative estimate of drug-likeness (QED) is 0.174. The van der Waals surface area contributed by atoms with Crippen molar-refractivity contribution < 1.29 is 15.0 Å². The highest BCUT2D eigenvalue weighted by Gasteiger charge is 2.35. The van der Waals surface area contributed by atoms with Crippen LogP contribution in [-0.4, -0.2) is 54.4 Å². The van der Waals surface area contributed by atoms with E-state index in [1.807, 2.05) is 48.0 Å². The molecule has 2 aromatic heterocycles. The zero-order valence-electron chi connectivity index (χ0n) is 20.4. The summed E-state index contributed by atoms with van der Waals surface area (Å²) in [6.45, 7) is 6.26. The second-order valence-corrected chi connectivity index (χ2v) is 9.12. The number of nitrogens with one attached hydrogen (secondary N) is 3. The topological polar surface area (TPSA) is 137 Å². The number of carbonyl (C=O) groups is 1. The van der Waals surface area contributed by atoms with Crippen LogP contribution in [0.3, 0.4) is 0 Å². The maximum absolute atomic E-state index is 13.0. The number of aromatic nitrogens is 4. The fourth-order valence-electron chi connectivity index (χ4n) is 4.73. The predicted molar refractivity (Wildman–Crippen MR) is 140 cm³/mol. The lowest BCUT2D eigenvalue weighted by Gasteiger charge is -2.31. The van der Waals surface area contributed by atoms with Crippen LogP contribution < -0.4 is 16.0 Å². The van der Waals surface area contributed by atoms with Crippen molar-refractivity contribution in [3.05, 3.63) is 96.2 Å². The molecule has 2 heterocycles. The highest BCUT2D eigenvalue weighted by atomic mass is 16.3. The molecule has 5 rings (SSSR count). The molecule has 0 saturated heterocycles. The van der Waals surface area contributed by atoms with Crippen molar-refractivity contribution in [1.29, 1.82) is 0 Å². The van der Waals surface area contributed by atoms with Crippen LogP contribution in [0.4, 0.5) is 5.69 Å². The number of aliphatic hydroxyl groups is 2. The van der Waals surface area contributed by atoms with E-state index in [0.717, 1.165) is 27.6 Å². The monoisotopic (exact) mass is 499 g/mol. The Balaban J connectivity index is 1.43. The normalized spacial score (nSPS) is 18.2. The summed E-state index contributed by atoms with van der Waals surface area (Å²) >= 11 is 0. The predicted octanol–water partition coefficient (Wildman–Crippen LogP) is 2.06. The number of benzene rings is 2. The molecule has 4 atom stereocenters. The van der Waals surface area contributed by atoms with E-state index in [-0.39, 0.29) is 5.56 Å². The first-order valence-electron chi connectivity index (χ1n) is 12.0. The zero-order chi connectivity index (χ0) is 25.9. The van der Waals surface area contributed by atoms with Crippen LogP contribution in [0, 0.1) is 6.92 Å². The minimum atomic E-state index is -1.25. The molecule has 0 aliphatic heterocycles. The second kappa shape index (κ2) is 10.5. The highest BCUT2D eigenvalue weighted by molar-refractivity contribution is 5.93. The minimum Gasteiger partial charge on any atom is -0.391 e. The maximum Gasteiger partial charge on any atom is 0.255 e. The number of aliphatic hydroxyl groups excluding tert-OH is 2. The lowest BCUT2D eigenvalue weighted by Crippen LogP contribution is -2.57. The van der Waals surface area contributed by atoms with E-state index < -0.39 is 30.4 Å². The number of allylic oxidation sites excluding steroid dienone is 1. The minimum absolute atomic E-state index is 0.250. The Kier molecular flexibility index (Phi) is 6.95. The summed E-state index contributed by atoms with van der Waals surface area (Å²) in [7, 11) is 0. The second-order valence-electron chi connectivity index (χ2n) is 9.12. The number of nitrogens with zero attached hydrogens (tertiary/aromatic N) is 4. The van der Waals surface area contributed by atoms with E-state index in [4.69, 9.17) is 0 Å².